The lowest BCUT2D eigenvalue weighted by molar-refractivity contribution is -0.139. The number of unbranched alkanes of at least 4 members (excludes halogenated alkanes) is 1. The summed E-state index contributed by atoms with van der Waals surface area (Å²) in [6.07, 6.45) is 5.14. The van der Waals surface area contributed by atoms with Crippen molar-refractivity contribution in [3.63, 3.8) is 0 Å². The van der Waals surface area contributed by atoms with Gasteiger partial charge in [0.25, 0.3) is 5.91 Å². The maximum atomic E-state index is 13.2. The maximum Gasteiger partial charge on any atom is 0.331 e. The van der Waals surface area contributed by atoms with Gasteiger partial charge in [0.1, 0.15) is 24.6 Å². The summed E-state index contributed by atoms with van der Waals surface area (Å²) in [5.74, 6) is -0.955. The Morgan fingerprint density at radius 3 is 2.58 bits per heavy atom. The van der Waals surface area contributed by atoms with Gasteiger partial charge in [-0.15, -0.1) is 12.4 Å². The number of nitrogens with zero attached hydrogens (tertiary/aromatic N) is 6. The number of nitrogens with two attached hydrogens (primary N) is 1. The average Bonchev–Trinajstić information content (AvgIpc) is 3.45. The highest BCUT2D eigenvalue weighted by atomic mass is 35.5. The van der Waals surface area contributed by atoms with E-state index in [2.05, 4.69) is 27.5 Å². The highest BCUT2D eigenvalue weighted by Crippen LogP contribution is 2.30. The van der Waals surface area contributed by atoms with Crippen LogP contribution in [0.3, 0.4) is 0 Å². The summed E-state index contributed by atoms with van der Waals surface area (Å²) in [6.45, 7) is 3.63. The molecule has 0 bridgehead atoms. The summed E-state index contributed by atoms with van der Waals surface area (Å²) in [4.78, 5) is 62.3. The molecule has 1 saturated heterocycles. The molecule has 5 N–H and O–H groups in total. The quantitative estimate of drug-likeness (QED) is 0.226. The molecule has 2 aromatic heterocycles. The Labute approximate surface area is 267 Å². The monoisotopic (exact) mass is 639 g/mol. The standard InChI is InChI=1S/C30H37N9O5.ClH/c1-19-11-15-38(25(40)10-14-32)17-24(19)37(2)26-22-12-16-39(27(22)34-18-33-26)30(44)35-21-8-6-20(7-9-21)28(41)36-23(29(42)43)5-3-4-13-31;/h6-9,12,16,18-19,23-24H,3-5,10-11,13,15,17,31H2,1-2H3,(H,35,44)(H,36,41)(H,42,43);1H/t19-,23+,24+;/m1./s1. The molecule has 240 valence electrons. The Bertz CT molecular complexity index is 1560. The number of aromatic nitrogens is 3. The van der Waals surface area contributed by atoms with Crippen LogP contribution in [-0.2, 0) is 9.59 Å². The van der Waals surface area contributed by atoms with Crippen LogP contribution in [0.4, 0.5) is 16.3 Å². The van der Waals surface area contributed by atoms with Gasteiger partial charge in [0, 0.05) is 37.6 Å². The largest absolute Gasteiger partial charge is 0.480 e. The van der Waals surface area contributed by atoms with E-state index in [4.69, 9.17) is 11.0 Å². The van der Waals surface area contributed by atoms with E-state index >= 15 is 0 Å². The zero-order valence-electron chi connectivity index (χ0n) is 25.2. The normalized spacial score (nSPS) is 16.6. The summed E-state index contributed by atoms with van der Waals surface area (Å²) in [6, 6.07) is 8.26. The average molecular weight is 640 g/mol. The van der Waals surface area contributed by atoms with E-state index in [9.17, 15) is 24.3 Å². The lowest BCUT2D eigenvalue weighted by Gasteiger charge is -2.42. The highest BCUT2D eigenvalue weighted by molar-refractivity contribution is 6.01. The number of nitrogens with one attached hydrogen (secondary N) is 2. The zero-order valence-corrected chi connectivity index (χ0v) is 26.0. The molecule has 0 aliphatic carbocycles. The second kappa shape index (κ2) is 15.8. The van der Waals surface area contributed by atoms with Gasteiger partial charge >= 0.3 is 12.0 Å². The number of fused-ring (bicyclic) bond motifs is 1. The summed E-state index contributed by atoms with van der Waals surface area (Å²) < 4.78 is 1.36. The zero-order chi connectivity index (χ0) is 31.8. The molecule has 4 rings (SSSR count). The van der Waals surface area contributed by atoms with Crippen molar-refractivity contribution in [3.05, 3.63) is 48.4 Å². The lowest BCUT2D eigenvalue weighted by Crippen LogP contribution is -2.52. The summed E-state index contributed by atoms with van der Waals surface area (Å²) in [5, 5.41) is 24.3. The third-order valence-electron chi connectivity index (χ3n) is 7.96. The number of halogens is 1. The number of likely N-dealkylation sites (tertiary alicyclic amines) is 1. The molecule has 0 radical (unpaired) electrons. The van der Waals surface area contributed by atoms with Gasteiger partial charge in [0.2, 0.25) is 5.91 Å². The first-order valence-corrected chi connectivity index (χ1v) is 14.5. The number of carbonyl (C=O) groups is 4. The fourth-order valence-corrected chi connectivity index (χ4v) is 5.38. The van der Waals surface area contributed by atoms with E-state index < -0.39 is 23.9 Å². The van der Waals surface area contributed by atoms with Crippen molar-refractivity contribution in [2.75, 3.05) is 36.9 Å². The molecule has 0 unspecified atom stereocenters. The van der Waals surface area contributed by atoms with Crippen LogP contribution < -0.4 is 21.3 Å². The molecule has 3 aromatic rings. The van der Waals surface area contributed by atoms with Crippen LogP contribution >= 0.6 is 12.4 Å². The molecule has 14 nitrogen and oxygen atoms in total. The SMILES string of the molecule is C[C@@H]1CCN(C(=O)CC#N)C[C@@H]1N(C)c1ncnc2c1ccn2C(=O)Nc1ccc(C(=O)N[C@@H](CCCCN)C(=O)O)cc1.Cl. The molecule has 0 saturated carbocycles. The van der Waals surface area contributed by atoms with E-state index in [-0.39, 0.29) is 48.7 Å². The first-order chi connectivity index (χ1) is 21.1. The van der Waals surface area contributed by atoms with Crippen LogP contribution in [-0.4, -0.2) is 87.1 Å². The fraction of sp³-hybridized carbons (Fsp3) is 0.433. The molecular formula is C30H38ClN9O5. The van der Waals surface area contributed by atoms with Gasteiger partial charge in [0.05, 0.1) is 17.5 Å². The summed E-state index contributed by atoms with van der Waals surface area (Å²) in [5.41, 5.74) is 6.54. The van der Waals surface area contributed by atoms with Crippen molar-refractivity contribution >= 4 is 58.8 Å². The van der Waals surface area contributed by atoms with Gasteiger partial charge in [-0.2, -0.15) is 5.26 Å². The number of nitriles is 1. The van der Waals surface area contributed by atoms with Crippen molar-refractivity contribution in [1.29, 1.82) is 5.26 Å². The van der Waals surface area contributed by atoms with Gasteiger partial charge in [-0.3, -0.25) is 14.2 Å². The number of anilines is 2. The molecule has 1 aliphatic rings. The van der Waals surface area contributed by atoms with Gasteiger partial charge < -0.3 is 31.3 Å². The van der Waals surface area contributed by atoms with Crippen LogP contribution in [0, 0.1) is 17.2 Å². The number of hydrogen-bond donors (Lipinski definition) is 4. The van der Waals surface area contributed by atoms with E-state index in [1.54, 1.807) is 29.3 Å². The van der Waals surface area contributed by atoms with Gasteiger partial charge in [-0.25, -0.2) is 19.6 Å². The second-order valence-electron chi connectivity index (χ2n) is 10.9. The van der Waals surface area contributed by atoms with Gasteiger partial charge in [-0.05, 0) is 68.5 Å². The first-order valence-electron chi connectivity index (χ1n) is 14.5. The number of rotatable bonds is 11. The Kier molecular flexibility index (Phi) is 12.2. The van der Waals surface area contributed by atoms with Gasteiger partial charge in [-0.1, -0.05) is 6.92 Å². The maximum absolute atomic E-state index is 13.2. The minimum atomic E-state index is -1.11. The van der Waals surface area contributed by atoms with E-state index in [0.29, 0.717) is 55.0 Å². The summed E-state index contributed by atoms with van der Waals surface area (Å²) in [7, 11) is 1.90. The first kappa shape index (κ1) is 34.7. The second-order valence-corrected chi connectivity index (χ2v) is 10.9. The number of carboxylic acid groups (broad SMARTS) is 1. The van der Waals surface area contributed by atoms with Crippen molar-refractivity contribution in [1.82, 2.24) is 24.8 Å². The van der Waals surface area contributed by atoms with Crippen LogP contribution in [0.1, 0.15) is 49.4 Å². The van der Waals surface area contributed by atoms with E-state index in [1.807, 2.05) is 18.0 Å². The van der Waals surface area contributed by atoms with Crippen molar-refractivity contribution in [2.45, 2.75) is 51.1 Å². The number of carboxylic acids is 1. The molecule has 1 fully saturated rings. The van der Waals surface area contributed by atoms with Crippen LogP contribution in [0.2, 0.25) is 0 Å². The minimum absolute atomic E-state index is 0. The Balaban J connectivity index is 0.00000552. The molecule has 1 aliphatic heterocycles. The number of likely N-dealkylation sites (N-methyl/N-ethyl adjacent to an activating group) is 1. The third-order valence-corrected chi connectivity index (χ3v) is 7.96. The van der Waals surface area contributed by atoms with E-state index in [0.717, 1.165) is 6.42 Å². The Morgan fingerprint density at radius 2 is 1.91 bits per heavy atom. The van der Waals surface area contributed by atoms with Crippen LogP contribution in [0.15, 0.2) is 42.9 Å². The predicted molar refractivity (Wildman–Crippen MR) is 170 cm³/mol. The molecule has 1 aromatic carbocycles. The number of benzene rings is 1. The smallest absolute Gasteiger partial charge is 0.331 e. The lowest BCUT2D eigenvalue weighted by atomic mass is 9.92. The molecule has 45 heavy (non-hydrogen) atoms. The van der Waals surface area contributed by atoms with E-state index in [1.165, 1.54) is 23.0 Å². The molecule has 15 heteroatoms. The Morgan fingerprint density at radius 1 is 1.18 bits per heavy atom. The molecule has 3 atom stereocenters. The van der Waals surface area contributed by atoms with Crippen molar-refractivity contribution in [2.24, 2.45) is 11.7 Å². The molecular weight excluding hydrogens is 602 g/mol. The number of amides is 3. The Hall–Kier alpha value is -4.74. The molecule has 3 amide bonds. The van der Waals surface area contributed by atoms with Crippen LogP contribution in [0.5, 0.6) is 0 Å². The van der Waals surface area contributed by atoms with Crippen molar-refractivity contribution in [3.8, 4) is 6.07 Å². The topological polar surface area (TPSA) is 200 Å². The molecule has 0 spiro atoms. The fourth-order valence-electron chi connectivity index (χ4n) is 5.38. The predicted octanol–water partition coefficient (Wildman–Crippen LogP) is 2.83. The number of piperidine rings is 1. The number of aliphatic carboxylic acids is 1. The number of carbonyl (C=O) groups excluding carboxylic acids is 3. The van der Waals surface area contributed by atoms with Crippen LogP contribution in [0.25, 0.3) is 11.0 Å². The minimum Gasteiger partial charge on any atom is -0.480 e. The summed E-state index contributed by atoms with van der Waals surface area (Å²) >= 11 is 0. The molecule has 3 heterocycles. The third kappa shape index (κ3) is 8.25. The highest BCUT2D eigenvalue weighted by Gasteiger charge is 2.33. The van der Waals surface area contributed by atoms with Crippen molar-refractivity contribution < 1.29 is 24.3 Å². The number of hydrogen-bond acceptors (Lipinski definition) is 9. The van der Waals surface area contributed by atoms with Gasteiger partial charge in [0.15, 0.2) is 5.65 Å².